The highest BCUT2D eigenvalue weighted by atomic mass is 19.1. The van der Waals surface area contributed by atoms with E-state index in [0.717, 1.165) is 5.56 Å². The van der Waals surface area contributed by atoms with Gasteiger partial charge in [-0.2, -0.15) is 4.98 Å². The molecule has 0 aliphatic carbocycles. The summed E-state index contributed by atoms with van der Waals surface area (Å²) in [7, 11) is 0. The van der Waals surface area contributed by atoms with E-state index in [1.165, 1.54) is 29.2 Å². The van der Waals surface area contributed by atoms with Crippen LogP contribution in [0, 0.1) is 18.7 Å². The molecule has 0 radical (unpaired) electrons. The zero-order valence-corrected chi connectivity index (χ0v) is 15.8. The van der Waals surface area contributed by atoms with Gasteiger partial charge in [-0.15, -0.1) is 0 Å². The molecule has 2 heterocycles. The Labute approximate surface area is 166 Å². The van der Waals surface area contributed by atoms with Crippen molar-refractivity contribution in [2.45, 2.75) is 19.8 Å². The lowest BCUT2D eigenvalue weighted by molar-refractivity contribution is -0.122. The van der Waals surface area contributed by atoms with E-state index < -0.39 is 5.92 Å². The van der Waals surface area contributed by atoms with Crippen molar-refractivity contribution in [1.29, 1.82) is 0 Å². The van der Waals surface area contributed by atoms with Gasteiger partial charge in [-0.1, -0.05) is 23.4 Å². The summed E-state index contributed by atoms with van der Waals surface area (Å²) in [4.78, 5) is 30.9. The predicted octanol–water partition coefficient (Wildman–Crippen LogP) is 3.10. The minimum atomic E-state index is -0.494. The van der Waals surface area contributed by atoms with Crippen molar-refractivity contribution in [1.82, 2.24) is 10.1 Å². The van der Waals surface area contributed by atoms with E-state index in [0.29, 0.717) is 29.5 Å². The summed E-state index contributed by atoms with van der Waals surface area (Å²) in [6, 6.07) is 13.0. The summed E-state index contributed by atoms with van der Waals surface area (Å²) in [5.41, 5.74) is 2.06. The van der Waals surface area contributed by atoms with E-state index in [1.807, 2.05) is 18.2 Å². The third-order valence-corrected chi connectivity index (χ3v) is 4.82. The van der Waals surface area contributed by atoms with Gasteiger partial charge in [0.15, 0.2) is 5.82 Å². The number of anilines is 2. The van der Waals surface area contributed by atoms with Crippen molar-refractivity contribution in [3.8, 4) is 0 Å². The molecule has 1 aliphatic heterocycles. The summed E-state index contributed by atoms with van der Waals surface area (Å²) in [6.45, 7) is 1.99. The number of carbonyl (C=O) groups excluding carboxylic acids is 2. The van der Waals surface area contributed by atoms with Gasteiger partial charge in [0.1, 0.15) is 5.82 Å². The number of benzene rings is 2. The molecule has 1 saturated heterocycles. The monoisotopic (exact) mass is 394 g/mol. The van der Waals surface area contributed by atoms with Crippen molar-refractivity contribution in [2.24, 2.45) is 5.92 Å². The Morgan fingerprint density at radius 1 is 1.24 bits per heavy atom. The summed E-state index contributed by atoms with van der Waals surface area (Å²) in [5.74, 6) is -0.257. The Kier molecular flexibility index (Phi) is 5.07. The molecular weight excluding hydrogens is 375 g/mol. The summed E-state index contributed by atoms with van der Waals surface area (Å²) in [5, 5.41) is 6.69. The molecule has 1 fully saturated rings. The van der Waals surface area contributed by atoms with Gasteiger partial charge in [0.2, 0.25) is 17.7 Å². The number of aromatic nitrogens is 2. The Morgan fingerprint density at radius 2 is 2.00 bits per heavy atom. The lowest BCUT2D eigenvalue weighted by Crippen LogP contribution is -2.28. The molecule has 1 unspecified atom stereocenters. The van der Waals surface area contributed by atoms with Crippen LogP contribution in [0.1, 0.15) is 23.7 Å². The van der Waals surface area contributed by atoms with Crippen LogP contribution in [0.5, 0.6) is 0 Å². The molecule has 1 atom stereocenters. The number of aryl methyl sites for hydroxylation is 1. The Morgan fingerprint density at radius 3 is 2.72 bits per heavy atom. The van der Waals surface area contributed by atoms with Crippen LogP contribution in [0.25, 0.3) is 0 Å². The second-order valence-corrected chi connectivity index (χ2v) is 6.94. The van der Waals surface area contributed by atoms with Crippen LogP contribution in [0.15, 0.2) is 53.1 Å². The van der Waals surface area contributed by atoms with E-state index in [2.05, 4.69) is 15.5 Å². The van der Waals surface area contributed by atoms with Crippen LogP contribution in [0.2, 0.25) is 0 Å². The van der Waals surface area contributed by atoms with Crippen molar-refractivity contribution in [3.05, 3.63) is 71.6 Å². The molecule has 148 valence electrons. The summed E-state index contributed by atoms with van der Waals surface area (Å²) >= 11 is 0. The molecule has 8 heteroatoms. The van der Waals surface area contributed by atoms with E-state index in [9.17, 15) is 14.0 Å². The van der Waals surface area contributed by atoms with E-state index in [1.54, 1.807) is 13.0 Å². The van der Waals surface area contributed by atoms with Crippen LogP contribution >= 0.6 is 0 Å². The largest absolute Gasteiger partial charge is 0.339 e. The zero-order valence-electron chi connectivity index (χ0n) is 15.8. The Balaban J connectivity index is 1.46. The number of amides is 2. The van der Waals surface area contributed by atoms with E-state index in [4.69, 9.17) is 4.52 Å². The fraction of sp³-hybridized carbons (Fsp3) is 0.238. The van der Waals surface area contributed by atoms with E-state index in [-0.39, 0.29) is 30.6 Å². The molecule has 29 heavy (non-hydrogen) atoms. The second kappa shape index (κ2) is 7.83. The average molecular weight is 394 g/mol. The minimum absolute atomic E-state index is 0.105. The third-order valence-electron chi connectivity index (χ3n) is 4.82. The average Bonchev–Trinajstić information content (AvgIpc) is 3.29. The van der Waals surface area contributed by atoms with Gasteiger partial charge >= 0.3 is 0 Å². The van der Waals surface area contributed by atoms with Crippen LogP contribution < -0.4 is 10.2 Å². The summed E-state index contributed by atoms with van der Waals surface area (Å²) < 4.78 is 18.3. The number of hydrogen-bond donors (Lipinski definition) is 1. The Hall–Kier alpha value is -3.55. The highest BCUT2D eigenvalue weighted by Crippen LogP contribution is 2.27. The third kappa shape index (κ3) is 4.16. The fourth-order valence-corrected chi connectivity index (χ4v) is 3.36. The SMILES string of the molecule is Cc1noc(Cc2ccccc2NC(=O)C2CC(=O)N(c3ccc(F)cc3)C2)n1. The maximum Gasteiger partial charge on any atom is 0.231 e. The highest BCUT2D eigenvalue weighted by molar-refractivity contribution is 6.03. The maximum atomic E-state index is 13.1. The van der Waals surface area contributed by atoms with Crippen molar-refractivity contribution in [3.63, 3.8) is 0 Å². The Bertz CT molecular complexity index is 1050. The first kappa shape index (κ1) is 18.8. The van der Waals surface area contributed by atoms with Crippen LogP contribution in [-0.4, -0.2) is 28.5 Å². The van der Waals surface area contributed by atoms with Gasteiger partial charge in [0, 0.05) is 24.3 Å². The molecule has 4 rings (SSSR count). The van der Waals surface area contributed by atoms with Crippen molar-refractivity contribution in [2.75, 3.05) is 16.8 Å². The molecule has 0 saturated carbocycles. The lowest BCUT2D eigenvalue weighted by Gasteiger charge is -2.17. The molecule has 0 spiro atoms. The van der Waals surface area contributed by atoms with Gasteiger partial charge in [0.25, 0.3) is 0 Å². The van der Waals surface area contributed by atoms with Crippen molar-refractivity contribution >= 4 is 23.2 Å². The molecule has 0 bridgehead atoms. The number of para-hydroxylation sites is 1. The molecule has 3 aromatic rings. The van der Waals surface area contributed by atoms with Crippen LogP contribution in [0.4, 0.5) is 15.8 Å². The number of carbonyl (C=O) groups is 2. The highest BCUT2D eigenvalue weighted by Gasteiger charge is 2.35. The topological polar surface area (TPSA) is 88.3 Å². The molecular formula is C21H19FN4O3. The quantitative estimate of drug-likeness (QED) is 0.718. The summed E-state index contributed by atoms with van der Waals surface area (Å²) in [6.07, 6.45) is 0.497. The second-order valence-electron chi connectivity index (χ2n) is 6.94. The van der Waals surface area contributed by atoms with Gasteiger partial charge < -0.3 is 14.7 Å². The molecule has 1 aromatic heterocycles. The molecule has 2 aromatic carbocycles. The number of hydrogen-bond acceptors (Lipinski definition) is 5. The van der Waals surface area contributed by atoms with Gasteiger partial charge in [-0.3, -0.25) is 9.59 Å². The van der Waals surface area contributed by atoms with Gasteiger partial charge in [0.05, 0.1) is 12.3 Å². The number of nitrogens with one attached hydrogen (secondary N) is 1. The van der Waals surface area contributed by atoms with Gasteiger partial charge in [-0.05, 0) is 42.8 Å². The predicted molar refractivity (Wildman–Crippen MR) is 104 cm³/mol. The zero-order chi connectivity index (χ0) is 20.4. The van der Waals surface area contributed by atoms with Crippen LogP contribution in [-0.2, 0) is 16.0 Å². The molecule has 7 nitrogen and oxygen atoms in total. The maximum absolute atomic E-state index is 13.1. The normalized spacial score (nSPS) is 16.3. The molecule has 2 amide bonds. The smallest absolute Gasteiger partial charge is 0.231 e. The lowest BCUT2D eigenvalue weighted by atomic mass is 10.1. The number of halogens is 1. The molecule has 1 N–H and O–H groups in total. The first-order valence-electron chi connectivity index (χ1n) is 9.23. The minimum Gasteiger partial charge on any atom is -0.339 e. The number of nitrogens with zero attached hydrogens (tertiary/aromatic N) is 3. The van der Waals surface area contributed by atoms with Crippen LogP contribution in [0.3, 0.4) is 0 Å². The fourth-order valence-electron chi connectivity index (χ4n) is 3.36. The standard InChI is InChI=1S/C21H19FN4O3/c1-13-23-19(29-25-13)10-14-4-2-3-5-18(14)24-21(28)15-11-20(27)26(12-15)17-8-6-16(22)7-9-17/h2-9,15H,10-12H2,1H3,(H,24,28). The first-order valence-corrected chi connectivity index (χ1v) is 9.23. The van der Waals surface area contributed by atoms with E-state index >= 15 is 0 Å². The van der Waals surface area contributed by atoms with Crippen molar-refractivity contribution < 1.29 is 18.5 Å². The first-order chi connectivity index (χ1) is 14.0. The van der Waals surface area contributed by atoms with Gasteiger partial charge in [-0.25, -0.2) is 4.39 Å². The number of rotatable bonds is 5. The molecule has 1 aliphatic rings.